The summed E-state index contributed by atoms with van der Waals surface area (Å²) in [5.74, 6) is -3.30. The summed E-state index contributed by atoms with van der Waals surface area (Å²) >= 11 is 0. The number of carbonyl (C=O) groups is 4. The molecule has 234 valence electrons. The highest BCUT2D eigenvalue weighted by molar-refractivity contribution is 6.00. The molecule has 2 heterocycles. The quantitative estimate of drug-likeness (QED) is 0.305. The van der Waals surface area contributed by atoms with Gasteiger partial charge in [0.1, 0.15) is 12.8 Å². The van der Waals surface area contributed by atoms with Crippen LogP contribution >= 0.6 is 0 Å². The maximum atomic E-state index is 14.2. The average Bonchev–Trinajstić information content (AvgIpc) is 3.01. The van der Waals surface area contributed by atoms with E-state index in [9.17, 15) is 28.0 Å². The summed E-state index contributed by atoms with van der Waals surface area (Å²) in [4.78, 5) is 54.9. The fourth-order valence-electron chi connectivity index (χ4n) is 5.17. The van der Waals surface area contributed by atoms with Gasteiger partial charge in [0.05, 0.1) is 12.7 Å². The van der Waals surface area contributed by atoms with Crippen LogP contribution in [0.2, 0.25) is 0 Å². The van der Waals surface area contributed by atoms with Gasteiger partial charge >= 0.3 is 18.0 Å². The van der Waals surface area contributed by atoms with Crippen LogP contribution in [-0.2, 0) is 19.1 Å². The van der Waals surface area contributed by atoms with Crippen molar-refractivity contribution in [2.45, 2.75) is 25.8 Å². The van der Waals surface area contributed by atoms with E-state index in [1.54, 1.807) is 0 Å². The predicted molar refractivity (Wildman–Crippen MR) is 158 cm³/mol. The van der Waals surface area contributed by atoms with E-state index < -0.39 is 35.7 Å². The molecule has 2 aromatic carbocycles. The minimum absolute atomic E-state index is 0.0136. The van der Waals surface area contributed by atoms with Gasteiger partial charge in [0, 0.05) is 52.1 Å². The molecule has 5 amide bonds. The molecule has 11 nitrogen and oxygen atoms in total. The highest BCUT2D eigenvalue weighted by atomic mass is 19.2. The van der Waals surface area contributed by atoms with Crippen LogP contribution in [0.4, 0.5) is 24.1 Å². The molecule has 1 atom stereocenters. The summed E-state index contributed by atoms with van der Waals surface area (Å²) in [6, 6.07) is 7.59. The molecule has 0 aromatic heterocycles. The molecule has 0 aliphatic carbocycles. The van der Waals surface area contributed by atoms with Crippen molar-refractivity contribution in [2.75, 3.05) is 52.4 Å². The number of nitrogens with zero attached hydrogens (tertiary/aromatic N) is 3. The number of ether oxygens (including phenoxy) is 2. The van der Waals surface area contributed by atoms with E-state index in [2.05, 4.69) is 21.6 Å². The van der Waals surface area contributed by atoms with Gasteiger partial charge in [0.2, 0.25) is 5.91 Å². The lowest BCUT2D eigenvalue weighted by molar-refractivity contribution is -0.137. The third-order valence-electron chi connectivity index (χ3n) is 7.24. The Morgan fingerprint density at radius 2 is 1.86 bits per heavy atom. The first-order valence-electron chi connectivity index (χ1n) is 14.0. The maximum Gasteiger partial charge on any atom is 0.337 e. The first-order valence-corrected chi connectivity index (χ1v) is 14.0. The fourth-order valence-corrected chi connectivity index (χ4v) is 5.17. The average molecular weight is 612 g/mol. The SMILES string of the molecule is COCN1C=C(C(=O)OC)[C@H](c2ccc(F)c(F)c2)N(C(=O)NCCCN2CC=C(c3cccc(NC(C)=O)c3)CC2)C1=O. The lowest BCUT2D eigenvalue weighted by Gasteiger charge is -2.38. The van der Waals surface area contributed by atoms with E-state index in [-0.39, 0.29) is 30.3 Å². The van der Waals surface area contributed by atoms with Gasteiger partial charge in [-0.1, -0.05) is 24.3 Å². The van der Waals surface area contributed by atoms with Gasteiger partial charge in [0.25, 0.3) is 0 Å². The van der Waals surface area contributed by atoms with Crippen molar-refractivity contribution in [1.29, 1.82) is 0 Å². The normalized spacial score (nSPS) is 17.1. The van der Waals surface area contributed by atoms with E-state index in [0.717, 1.165) is 53.3 Å². The molecule has 0 bridgehead atoms. The van der Waals surface area contributed by atoms with Crippen molar-refractivity contribution in [3.05, 3.63) is 83.1 Å². The van der Waals surface area contributed by atoms with Crippen LogP contribution in [0.1, 0.15) is 36.9 Å². The van der Waals surface area contributed by atoms with Crippen molar-refractivity contribution >= 4 is 35.2 Å². The summed E-state index contributed by atoms with van der Waals surface area (Å²) in [6.07, 6.45) is 4.69. The molecule has 2 aliphatic heterocycles. The zero-order valence-electron chi connectivity index (χ0n) is 24.8. The Bertz CT molecular complexity index is 1480. The highest BCUT2D eigenvalue weighted by Crippen LogP contribution is 2.35. The molecule has 2 aromatic rings. The number of anilines is 1. The van der Waals surface area contributed by atoms with Crippen LogP contribution in [0.3, 0.4) is 0 Å². The zero-order chi connectivity index (χ0) is 31.8. The molecule has 2 N–H and O–H groups in total. The molecule has 0 fully saturated rings. The number of rotatable bonds is 10. The summed E-state index contributed by atoms with van der Waals surface area (Å²) in [5.41, 5.74) is 2.85. The molecule has 0 radical (unpaired) electrons. The second kappa shape index (κ2) is 14.7. The van der Waals surface area contributed by atoms with Crippen molar-refractivity contribution in [2.24, 2.45) is 0 Å². The Kier molecular flexibility index (Phi) is 10.8. The van der Waals surface area contributed by atoms with E-state index in [4.69, 9.17) is 9.47 Å². The standard InChI is InChI=1S/C31H35F2N5O6/c1-20(39)35-24-7-4-6-22(16-24)21-10-14-36(15-11-21)13-5-12-34-30(41)38-28(23-8-9-26(32)27(33)17-23)25(29(40)44-3)18-37(19-43-2)31(38)42/h4,6-10,16-18,28H,5,11-15,19H2,1-3H3,(H,34,41)(H,35,39)/t28-/m0/s1. The number of methoxy groups -OCH3 is 2. The molecule has 0 saturated heterocycles. The fraction of sp³-hybridized carbons (Fsp3) is 0.355. The smallest absolute Gasteiger partial charge is 0.337 e. The van der Waals surface area contributed by atoms with Gasteiger partial charge in [-0.25, -0.2) is 28.1 Å². The van der Waals surface area contributed by atoms with Crippen molar-refractivity contribution in [3.8, 4) is 0 Å². The number of carbonyl (C=O) groups excluding carboxylic acids is 4. The Labute approximate surface area is 254 Å². The second-order valence-corrected chi connectivity index (χ2v) is 10.3. The molecule has 4 rings (SSSR count). The van der Waals surface area contributed by atoms with Crippen molar-refractivity contribution in [1.82, 2.24) is 20.0 Å². The number of urea groups is 2. The first kappa shape index (κ1) is 32.3. The molecule has 0 saturated carbocycles. The van der Waals surface area contributed by atoms with Crippen LogP contribution < -0.4 is 10.6 Å². The van der Waals surface area contributed by atoms with Gasteiger partial charge in [-0.15, -0.1) is 0 Å². The van der Waals surface area contributed by atoms with Crippen LogP contribution in [0.5, 0.6) is 0 Å². The molecule has 44 heavy (non-hydrogen) atoms. The second-order valence-electron chi connectivity index (χ2n) is 10.3. The lowest BCUT2D eigenvalue weighted by atomic mass is 9.96. The van der Waals surface area contributed by atoms with Crippen LogP contribution in [0.15, 0.2) is 60.3 Å². The number of imide groups is 1. The van der Waals surface area contributed by atoms with E-state index >= 15 is 0 Å². The third kappa shape index (κ3) is 7.66. The molecule has 13 heteroatoms. The van der Waals surface area contributed by atoms with E-state index in [1.165, 1.54) is 31.9 Å². The van der Waals surface area contributed by atoms with Gasteiger partial charge in [-0.3, -0.25) is 14.6 Å². The van der Waals surface area contributed by atoms with Gasteiger partial charge in [-0.2, -0.15) is 0 Å². The Morgan fingerprint density at radius 3 is 2.52 bits per heavy atom. The number of hydrogen-bond acceptors (Lipinski definition) is 7. The number of hydrogen-bond donors (Lipinski definition) is 2. The molecular formula is C31H35F2N5O6. The van der Waals surface area contributed by atoms with Gasteiger partial charge in [-0.05, 0) is 53.8 Å². The first-order chi connectivity index (χ1) is 21.1. The van der Waals surface area contributed by atoms with Crippen LogP contribution in [0, 0.1) is 11.6 Å². The molecule has 2 aliphatic rings. The topological polar surface area (TPSA) is 121 Å². The minimum Gasteiger partial charge on any atom is -0.466 e. The largest absolute Gasteiger partial charge is 0.466 e. The number of esters is 1. The van der Waals surface area contributed by atoms with Gasteiger partial charge in [0.15, 0.2) is 11.6 Å². The molecule has 0 spiro atoms. The van der Waals surface area contributed by atoms with E-state index in [0.29, 0.717) is 19.5 Å². The number of amides is 5. The minimum atomic E-state index is -1.37. The van der Waals surface area contributed by atoms with E-state index in [1.807, 2.05) is 24.3 Å². The molecule has 0 unspecified atom stereocenters. The third-order valence-corrected chi connectivity index (χ3v) is 7.24. The monoisotopic (exact) mass is 611 g/mol. The summed E-state index contributed by atoms with van der Waals surface area (Å²) in [5, 5.41) is 5.52. The maximum absolute atomic E-state index is 14.2. The number of halogens is 2. The Hall–Kier alpha value is -4.62. The Balaban J connectivity index is 1.41. The number of nitrogens with one attached hydrogen (secondary N) is 2. The predicted octanol–water partition coefficient (Wildman–Crippen LogP) is 4.25. The molecular weight excluding hydrogens is 576 g/mol. The van der Waals surface area contributed by atoms with Crippen LogP contribution in [0.25, 0.3) is 5.57 Å². The summed E-state index contributed by atoms with van der Waals surface area (Å²) in [6.45, 7) is 3.58. The van der Waals surface area contributed by atoms with Crippen molar-refractivity contribution < 1.29 is 37.4 Å². The summed E-state index contributed by atoms with van der Waals surface area (Å²) < 4.78 is 37.8. The van der Waals surface area contributed by atoms with Crippen LogP contribution in [-0.4, -0.2) is 85.8 Å². The zero-order valence-corrected chi connectivity index (χ0v) is 24.8. The highest BCUT2D eigenvalue weighted by Gasteiger charge is 2.43. The van der Waals surface area contributed by atoms with Crippen molar-refractivity contribution in [3.63, 3.8) is 0 Å². The summed E-state index contributed by atoms with van der Waals surface area (Å²) in [7, 11) is 2.47. The van der Waals surface area contributed by atoms with Gasteiger partial charge < -0.3 is 20.1 Å². The Morgan fingerprint density at radius 1 is 1.07 bits per heavy atom. The number of benzene rings is 2. The lowest BCUT2D eigenvalue weighted by Crippen LogP contribution is -2.54.